The molecule has 2 rings (SSSR count). The van der Waals surface area contributed by atoms with Crippen LogP contribution in [0.5, 0.6) is 0 Å². The van der Waals surface area contributed by atoms with Crippen molar-refractivity contribution in [2.24, 2.45) is 5.92 Å². The van der Waals surface area contributed by atoms with Crippen LogP contribution in [0.2, 0.25) is 5.02 Å². The fourth-order valence-electron chi connectivity index (χ4n) is 2.83. The van der Waals surface area contributed by atoms with Gasteiger partial charge >= 0.3 is 0 Å². The van der Waals surface area contributed by atoms with Crippen LogP contribution in [0.1, 0.15) is 24.8 Å². The van der Waals surface area contributed by atoms with Crippen molar-refractivity contribution in [1.29, 1.82) is 5.26 Å². The molecule has 0 unspecified atom stereocenters. The number of piperidine rings is 1. The van der Waals surface area contributed by atoms with Crippen LogP contribution in [0.3, 0.4) is 0 Å². The number of rotatable bonds is 6. The fourth-order valence-corrected chi connectivity index (χ4v) is 3.00. The molecule has 1 fully saturated rings. The molecule has 1 aliphatic rings. The number of hydrogen-bond donors (Lipinski definition) is 1. The van der Waals surface area contributed by atoms with Gasteiger partial charge in [-0.15, -0.1) is 0 Å². The first-order chi connectivity index (χ1) is 11.2. The summed E-state index contributed by atoms with van der Waals surface area (Å²) in [7, 11) is 1.66. The lowest BCUT2D eigenvalue weighted by Crippen LogP contribution is -2.41. The molecule has 1 N–H and O–H groups in total. The van der Waals surface area contributed by atoms with Gasteiger partial charge in [-0.05, 0) is 37.5 Å². The van der Waals surface area contributed by atoms with E-state index in [1.54, 1.807) is 19.2 Å². The highest BCUT2D eigenvalue weighted by Gasteiger charge is 2.25. The van der Waals surface area contributed by atoms with Gasteiger partial charge < -0.3 is 15.0 Å². The van der Waals surface area contributed by atoms with Gasteiger partial charge in [0, 0.05) is 44.3 Å². The van der Waals surface area contributed by atoms with Crippen LogP contribution in [0.25, 0.3) is 0 Å². The minimum atomic E-state index is 0.0478. The maximum atomic E-state index is 12.1. The van der Waals surface area contributed by atoms with Crippen LogP contribution in [-0.2, 0) is 9.53 Å². The lowest BCUT2D eigenvalue weighted by Gasteiger charge is -2.33. The Labute approximate surface area is 142 Å². The van der Waals surface area contributed by atoms with Crippen LogP contribution >= 0.6 is 11.6 Å². The zero-order valence-electron chi connectivity index (χ0n) is 13.3. The molecule has 23 heavy (non-hydrogen) atoms. The van der Waals surface area contributed by atoms with Crippen molar-refractivity contribution in [3.8, 4) is 6.07 Å². The standard InChI is InChI=1S/C17H22ClN3O2/c1-23-10-2-7-20-17(22)13-5-8-21(9-6-13)16-4-3-15(18)11-14(16)12-19/h3-4,11,13H,2,5-10H2,1H3,(H,20,22). The van der Waals surface area contributed by atoms with Crippen molar-refractivity contribution in [2.75, 3.05) is 38.3 Å². The number of carbonyl (C=O) groups is 1. The molecule has 6 heteroatoms. The van der Waals surface area contributed by atoms with Crippen molar-refractivity contribution in [2.45, 2.75) is 19.3 Å². The molecule has 0 aliphatic carbocycles. The number of nitrogens with zero attached hydrogens (tertiary/aromatic N) is 2. The lowest BCUT2D eigenvalue weighted by molar-refractivity contribution is -0.125. The van der Waals surface area contributed by atoms with Crippen molar-refractivity contribution >= 4 is 23.2 Å². The number of anilines is 1. The molecule has 1 heterocycles. The molecule has 0 aromatic heterocycles. The lowest BCUT2D eigenvalue weighted by atomic mass is 9.95. The Balaban J connectivity index is 1.87. The molecule has 1 aromatic rings. The number of halogens is 1. The summed E-state index contributed by atoms with van der Waals surface area (Å²) >= 11 is 5.94. The number of amides is 1. The molecule has 1 saturated heterocycles. The predicted octanol–water partition coefficient (Wildman–Crippen LogP) is 2.58. The van der Waals surface area contributed by atoms with Crippen molar-refractivity contribution in [1.82, 2.24) is 5.32 Å². The largest absolute Gasteiger partial charge is 0.385 e. The Morgan fingerprint density at radius 1 is 1.48 bits per heavy atom. The third-order valence-corrected chi connectivity index (χ3v) is 4.35. The van der Waals surface area contributed by atoms with Gasteiger partial charge in [-0.2, -0.15) is 5.26 Å². The van der Waals surface area contributed by atoms with Crippen LogP contribution in [0.4, 0.5) is 5.69 Å². The molecule has 0 atom stereocenters. The summed E-state index contributed by atoms with van der Waals surface area (Å²) in [5.41, 5.74) is 1.48. The Bertz CT molecular complexity index is 578. The third-order valence-electron chi connectivity index (χ3n) is 4.11. The summed E-state index contributed by atoms with van der Waals surface area (Å²) in [6.45, 7) is 2.85. The quantitative estimate of drug-likeness (QED) is 0.811. The Kier molecular flexibility index (Phi) is 6.69. The highest BCUT2D eigenvalue weighted by molar-refractivity contribution is 6.30. The Hall–Kier alpha value is -1.77. The fraction of sp³-hybridized carbons (Fsp3) is 0.529. The van der Waals surface area contributed by atoms with E-state index >= 15 is 0 Å². The number of nitriles is 1. The van der Waals surface area contributed by atoms with Crippen LogP contribution in [-0.4, -0.2) is 39.3 Å². The first-order valence-corrected chi connectivity index (χ1v) is 8.24. The normalized spacial score (nSPS) is 15.3. The highest BCUT2D eigenvalue weighted by Crippen LogP contribution is 2.28. The second-order valence-electron chi connectivity index (χ2n) is 5.67. The van der Waals surface area contributed by atoms with E-state index in [0.717, 1.165) is 38.0 Å². The zero-order valence-corrected chi connectivity index (χ0v) is 14.1. The summed E-state index contributed by atoms with van der Waals surface area (Å²) < 4.78 is 4.97. The summed E-state index contributed by atoms with van der Waals surface area (Å²) in [5, 5.41) is 12.8. The summed E-state index contributed by atoms with van der Waals surface area (Å²) in [6, 6.07) is 7.56. The van der Waals surface area contributed by atoms with Gasteiger partial charge in [-0.3, -0.25) is 4.79 Å². The molecular weight excluding hydrogens is 314 g/mol. The summed E-state index contributed by atoms with van der Waals surface area (Å²) in [5.74, 6) is 0.170. The Morgan fingerprint density at radius 2 is 2.22 bits per heavy atom. The van der Waals surface area contributed by atoms with Gasteiger partial charge in [0.05, 0.1) is 11.3 Å². The van der Waals surface area contributed by atoms with Crippen LogP contribution in [0, 0.1) is 17.2 Å². The monoisotopic (exact) mass is 335 g/mol. The van der Waals surface area contributed by atoms with E-state index in [9.17, 15) is 10.1 Å². The Morgan fingerprint density at radius 3 is 2.87 bits per heavy atom. The number of benzene rings is 1. The second-order valence-corrected chi connectivity index (χ2v) is 6.11. The molecule has 0 spiro atoms. The van der Waals surface area contributed by atoms with Crippen molar-refractivity contribution in [3.63, 3.8) is 0 Å². The number of methoxy groups -OCH3 is 1. The van der Waals surface area contributed by atoms with E-state index in [1.807, 2.05) is 6.07 Å². The van der Waals surface area contributed by atoms with Gasteiger partial charge in [0.15, 0.2) is 0 Å². The molecule has 5 nitrogen and oxygen atoms in total. The molecular formula is C17H22ClN3O2. The topological polar surface area (TPSA) is 65.4 Å². The number of ether oxygens (including phenoxy) is 1. The zero-order chi connectivity index (χ0) is 16.7. The molecule has 1 aliphatic heterocycles. The molecule has 1 amide bonds. The smallest absolute Gasteiger partial charge is 0.223 e. The van der Waals surface area contributed by atoms with E-state index in [-0.39, 0.29) is 11.8 Å². The van der Waals surface area contributed by atoms with Gasteiger partial charge in [-0.25, -0.2) is 0 Å². The van der Waals surface area contributed by atoms with E-state index in [1.165, 1.54) is 0 Å². The molecule has 124 valence electrons. The van der Waals surface area contributed by atoms with Gasteiger partial charge in [0.2, 0.25) is 5.91 Å². The van der Waals surface area contributed by atoms with E-state index < -0.39 is 0 Å². The van der Waals surface area contributed by atoms with E-state index in [2.05, 4.69) is 16.3 Å². The molecule has 1 aromatic carbocycles. The van der Waals surface area contributed by atoms with Crippen molar-refractivity contribution in [3.05, 3.63) is 28.8 Å². The average molecular weight is 336 g/mol. The molecule has 0 bridgehead atoms. The number of hydrogen-bond acceptors (Lipinski definition) is 4. The number of nitrogens with one attached hydrogen (secondary N) is 1. The highest BCUT2D eigenvalue weighted by atomic mass is 35.5. The first kappa shape index (κ1) is 17.6. The third kappa shape index (κ3) is 4.85. The van der Waals surface area contributed by atoms with Gasteiger partial charge in [0.1, 0.15) is 6.07 Å². The molecule has 0 radical (unpaired) electrons. The second kappa shape index (κ2) is 8.76. The number of carbonyl (C=O) groups excluding carboxylic acids is 1. The maximum Gasteiger partial charge on any atom is 0.223 e. The molecule has 0 saturated carbocycles. The first-order valence-electron chi connectivity index (χ1n) is 7.87. The minimum Gasteiger partial charge on any atom is -0.385 e. The predicted molar refractivity (Wildman–Crippen MR) is 90.6 cm³/mol. The van der Waals surface area contributed by atoms with Crippen LogP contribution in [0.15, 0.2) is 18.2 Å². The van der Waals surface area contributed by atoms with Crippen LogP contribution < -0.4 is 10.2 Å². The maximum absolute atomic E-state index is 12.1. The minimum absolute atomic E-state index is 0.0478. The van der Waals surface area contributed by atoms with E-state index in [4.69, 9.17) is 16.3 Å². The van der Waals surface area contributed by atoms with E-state index in [0.29, 0.717) is 23.7 Å². The SMILES string of the molecule is COCCCNC(=O)C1CCN(c2ccc(Cl)cc2C#N)CC1. The van der Waals surface area contributed by atoms with Crippen molar-refractivity contribution < 1.29 is 9.53 Å². The van der Waals surface area contributed by atoms with Gasteiger partial charge in [0.25, 0.3) is 0 Å². The summed E-state index contributed by atoms with van der Waals surface area (Å²) in [6.07, 6.45) is 2.42. The average Bonchev–Trinajstić information content (AvgIpc) is 2.58. The van der Waals surface area contributed by atoms with Gasteiger partial charge in [-0.1, -0.05) is 11.6 Å². The summed E-state index contributed by atoms with van der Waals surface area (Å²) in [4.78, 5) is 14.3.